The lowest BCUT2D eigenvalue weighted by Gasteiger charge is -2.25. The van der Waals surface area contributed by atoms with E-state index < -0.39 is 0 Å². The fraction of sp³-hybridized carbons (Fsp3) is 0.778. The van der Waals surface area contributed by atoms with Crippen molar-refractivity contribution in [2.75, 3.05) is 6.61 Å². The van der Waals surface area contributed by atoms with Crippen molar-refractivity contribution in [1.29, 1.82) is 0 Å². The molecule has 0 spiro atoms. The van der Waals surface area contributed by atoms with Crippen LogP contribution in [0.5, 0.6) is 0 Å². The number of rotatable bonds is 3. The molecule has 0 N–H and O–H groups in total. The molecule has 0 heterocycles. The molecule has 0 radical (unpaired) electrons. The Kier molecular flexibility index (Phi) is 5.62. The minimum Gasteiger partial charge on any atom is -0.471 e. The van der Waals surface area contributed by atoms with E-state index in [4.69, 9.17) is 17.0 Å². The van der Waals surface area contributed by atoms with Crippen LogP contribution in [0, 0.1) is 0 Å². The molecule has 0 aliphatic heterocycles. The quantitative estimate of drug-likeness (QED) is 0.657. The standard InChI is InChI=1S/C9H17NO2S/c1-5-8(11)10(7(3)4)9(13)12-6-2/h7H,5-6H2,1-4H3. The van der Waals surface area contributed by atoms with E-state index in [1.807, 2.05) is 27.7 Å². The predicted molar refractivity (Wildman–Crippen MR) is 56.5 cm³/mol. The molecule has 0 saturated carbocycles. The first-order valence-electron chi connectivity index (χ1n) is 4.53. The number of carbonyl (C=O) groups is 1. The Bertz CT molecular complexity index is 192. The zero-order chi connectivity index (χ0) is 10.4. The molecule has 0 rings (SSSR count). The van der Waals surface area contributed by atoms with Gasteiger partial charge in [-0.05, 0) is 33.0 Å². The van der Waals surface area contributed by atoms with E-state index in [2.05, 4.69) is 0 Å². The number of thiocarbonyl (C=S) groups is 1. The van der Waals surface area contributed by atoms with Gasteiger partial charge in [0, 0.05) is 12.5 Å². The molecule has 0 saturated heterocycles. The smallest absolute Gasteiger partial charge is 0.266 e. The summed E-state index contributed by atoms with van der Waals surface area (Å²) in [4.78, 5) is 12.9. The largest absolute Gasteiger partial charge is 0.471 e. The number of ether oxygens (including phenoxy) is 1. The molecule has 0 aromatic carbocycles. The highest BCUT2D eigenvalue weighted by Gasteiger charge is 2.20. The molecule has 1 amide bonds. The summed E-state index contributed by atoms with van der Waals surface area (Å²) in [6.07, 6.45) is 0.450. The van der Waals surface area contributed by atoms with E-state index >= 15 is 0 Å². The molecule has 0 aliphatic rings. The Morgan fingerprint density at radius 3 is 2.31 bits per heavy atom. The molecular weight excluding hydrogens is 186 g/mol. The van der Waals surface area contributed by atoms with Crippen molar-refractivity contribution in [3.63, 3.8) is 0 Å². The van der Waals surface area contributed by atoms with E-state index in [1.165, 1.54) is 4.90 Å². The van der Waals surface area contributed by atoms with Crippen LogP contribution >= 0.6 is 12.2 Å². The average Bonchev–Trinajstić information content (AvgIpc) is 2.04. The summed E-state index contributed by atoms with van der Waals surface area (Å²) in [6.45, 7) is 7.99. The van der Waals surface area contributed by atoms with Gasteiger partial charge in [-0.15, -0.1) is 0 Å². The summed E-state index contributed by atoms with van der Waals surface area (Å²) in [6, 6.07) is 0.0616. The summed E-state index contributed by atoms with van der Waals surface area (Å²) in [7, 11) is 0. The van der Waals surface area contributed by atoms with Gasteiger partial charge in [-0.1, -0.05) is 6.92 Å². The van der Waals surface area contributed by atoms with Crippen LogP contribution < -0.4 is 0 Å². The third-order valence-electron chi connectivity index (χ3n) is 1.55. The fourth-order valence-electron chi connectivity index (χ4n) is 0.964. The van der Waals surface area contributed by atoms with Gasteiger partial charge >= 0.3 is 0 Å². The second-order valence-electron chi connectivity index (χ2n) is 2.91. The van der Waals surface area contributed by atoms with Crippen molar-refractivity contribution >= 4 is 23.3 Å². The lowest BCUT2D eigenvalue weighted by Crippen LogP contribution is -2.41. The van der Waals surface area contributed by atoms with Gasteiger partial charge < -0.3 is 4.74 Å². The summed E-state index contributed by atoms with van der Waals surface area (Å²) in [5, 5.41) is 0.282. The average molecular weight is 203 g/mol. The second-order valence-corrected chi connectivity index (χ2v) is 3.26. The van der Waals surface area contributed by atoms with E-state index in [1.54, 1.807) is 0 Å². The van der Waals surface area contributed by atoms with Gasteiger partial charge in [-0.3, -0.25) is 9.69 Å². The Labute approximate surface area is 85.1 Å². The molecule has 0 atom stereocenters. The van der Waals surface area contributed by atoms with Crippen LogP contribution in [-0.2, 0) is 9.53 Å². The monoisotopic (exact) mass is 203 g/mol. The Balaban J connectivity index is 4.41. The van der Waals surface area contributed by atoms with Crippen molar-refractivity contribution in [3.05, 3.63) is 0 Å². The summed E-state index contributed by atoms with van der Waals surface area (Å²) in [5.41, 5.74) is 0. The maximum Gasteiger partial charge on any atom is 0.266 e. The SMILES string of the molecule is CCOC(=S)N(C(=O)CC)C(C)C. The Hall–Kier alpha value is -0.640. The molecule has 0 aromatic rings. The summed E-state index contributed by atoms with van der Waals surface area (Å²) in [5.74, 6) is 0.00782. The summed E-state index contributed by atoms with van der Waals surface area (Å²) >= 11 is 4.98. The number of carbonyl (C=O) groups excluding carboxylic acids is 1. The first-order valence-corrected chi connectivity index (χ1v) is 4.94. The Morgan fingerprint density at radius 2 is 2.00 bits per heavy atom. The molecule has 0 fully saturated rings. The maximum absolute atomic E-state index is 11.4. The first kappa shape index (κ1) is 12.4. The van der Waals surface area contributed by atoms with Gasteiger partial charge in [0.05, 0.1) is 6.61 Å². The topological polar surface area (TPSA) is 29.5 Å². The van der Waals surface area contributed by atoms with Crippen molar-refractivity contribution in [2.45, 2.75) is 40.2 Å². The highest BCUT2D eigenvalue weighted by Crippen LogP contribution is 2.04. The van der Waals surface area contributed by atoms with Crippen molar-refractivity contribution in [3.8, 4) is 0 Å². The molecule has 0 bridgehead atoms. The molecular formula is C9H17NO2S. The van der Waals surface area contributed by atoms with Crippen LogP contribution in [0.2, 0.25) is 0 Å². The molecule has 76 valence electrons. The second kappa shape index (κ2) is 5.91. The van der Waals surface area contributed by atoms with Crippen LogP contribution in [0.1, 0.15) is 34.1 Å². The number of hydrogen-bond donors (Lipinski definition) is 0. The number of nitrogens with zero attached hydrogens (tertiary/aromatic N) is 1. The zero-order valence-electron chi connectivity index (χ0n) is 8.66. The van der Waals surface area contributed by atoms with Gasteiger partial charge in [0.15, 0.2) is 0 Å². The van der Waals surface area contributed by atoms with Gasteiger partial charge in [0.2, 0.25) is 5.91 Å². The van der Waals surface area contributed by atoms with E-state index in [0.29, 0.717) is 13.0 Å². The molecule has 13 heavy (non-hydrogen) atoms. The van der Waals surface area contributed by atoms with Crippen LogP contribution in [-0.4, -0.2) is 28.6 Å². The first-order chi connectivity index (χ1) is 6.04. The van der Waals surface area contributed by atoms with Crippen LogP contribution in [0.3, 0.4) is 0 Å². The van der Waals surface area contributed by atoms with Crippen molar-refractivity contribution in [1.82, 2.24) is 4.90 Å². The van der Waals surface area contributed by atoms with Crippen LogP contribution in [0.15, 0.2) is 0 Å². The molecule has 0 aliphatic carbocycles. The van der Waals surface area contributed by atoms with E-state index in [-0.39, 0.29) is 17.1 Å². The van der Waals surface area contributed by atoms with Crippen molar-refractivity contribution < 1.29 is 9.53 Å². The van der Waals surface area contributed by atoms with Gasteiger partial charge in [0.1, 0.15) is 0 Å². The molecule has 3 nitrogen and oxygen atoms in total. The molecule has 0 unspecified atom stereocenters. The van der Waals surface area contributed by atoms with E-state index in [9.17, 15) is 4.79 Å². The number of hydrogen-bond acceptors (Lipinski definition) is 3. The summed E-state index contributed by atoms with van der Waals surface area (Å²) < 4.78 is 5.12. The van der Waals surface area contributed by atoms with Crippen LogP contribution in [0.4, 0.5) is 0 Å². The normalized spacial score (nSPS) is 9.92. The van der Waals surface area contributed by atoms with Gasteiger partial charge in [0.25, 0.3) is 5.17 Å². The highest BCUT2D eigenvalue weighted by molar-refractivity contribution is 7.80. The molecule has 0 aromatic heterocycles. The highest BCUT2D eigenvalue weighted by atomic mass is 32.1. The predicted octanol–water partition coefficient (Wildman–Crippen LogP) is 1.95. The third kappa shape index (κ3) is 3.72. The minimum atomic E-state index is 0.00782. The zero-order valence-corrected chi connectivity index (χ0v) is 9.48. The van der Waals surface area contributed by atoms with Crippen molar-refractivity contribution in [2.24, 2.45) is 0 Å². The fourth-order valence-corrected chi connectivity index (χ4v) is 1.39. The van der Waals surface area contributed by atoms with Gasteiger partial charge in [-0.2, -0.15) is 0 Å². The lowest BCUT2D eigenvalue weighted by molar-refractivity contribution is -0.128. The Morgan fingerprint density at radius 1 is 1.46 bits per heavy atom. The lowest BCUT2D eigenvalue weighted by atomic mass is 10.3. The minimum absolute atomic E-state index is 0.00782. The molecule has 4 heteroatoms. The maximum atomic E-state index is 11.4. The van der Waals surface area contributed by atoms with E-state index in [0.717, 1.165) is 0 Å². The third-order valence-corrected chi connectivity index (χ3v) is 1.87. The van der Waals surface area contributed by atoms with Gasteiger partial charge in [-0.25, -0.2) is 0 Å². The van der Waals surface area contributed by atoms with Crippen LogP contribution in [0.25, 0.3) is 0 Å². The number of amides is 1.